The summed E-state index contributed by atoms with van der Waals surface area (Å²) < 4.78 is 0. The van der Waals surface area contributed by atoms with Crippen molar-refractivity contribution >= 4 is 0 Å². The Hall–Kier alpha value is -0.750. The quantitative estimate of drug-likeness (QED) is 0.392. The van der Waals surface area contributed by atoms with Gasteiger partial charge in [0.2, 0.25) is 0 Å². The molecule has 0 aromatic carbocycles. The fraction of sp³-hybridized carbons (Fsp3) is 0.800. The average molecular weight is 114 g/mol. The first-order valence-electron chi connectivity index (χ1n) is 2.65. The molecule has 0 bridgehead atoms. The molecule has 0 aliphatic rings. The summed E-state index contributed by atoms with van der Waals surface area (Å²) in [6, 6.07) is 2.79. The molecule has 46 valence electrons. The fourth-order valence-corrected chi connectivity index (χ4v) is 0.316. The lowest BCUT2D eigenvalue weighted by atomic mass is 10.5. The van der Waals surface area contributed by atoms with Crippen LogP contribution in [-0.2, 0) is 0 Å². The Kier molecular flexibility index (Phi) is 5.66. The van der Waals surface area contributed by atoms with Crippen LogP contribution >= 0.6 is 0 Å². The molecule has 0 spiro atoms. The first-order chi connectivity index (χ1) is 3.91. The van der Waals surface area contributed by atoms with E-state index in [4.69, 9.17) is 0 Å². The molecule has 3 nitrogen and oxygen atoms in total. The number of nitrogens with one attached hydrogen (secondary N) is 2. The van der Waals surface area contributed by atoms with Crippen LogP contribution in [0.5, 0.6) is 0 Å². The third kappa shape index (κ3) is 5.25. The Morgan fingerprint density at radius 1 is 1.50 bits per heavy atom. The van der Waals surface area contributed by atoms with Gasteiger partial charge in [0, 0.05) is 6.54 Å². The molecule has 0 saturated carbocycles. The molecule has 0 aromatic rings. The minimum Gasteiger partial charge on any atom is -0.319 e. The second kappa shape index (κ2) is 6.25. The van der Waals surface area contributed by atoms with E-state index in [9.17, 15) is 0 Å². The normalized spacial score (nSPS) is 7.25. The van der Waals surface area contributed by atoms with E-state index in [2.05, 4.69) is 21.8 Å². The largest absolute Gasteiger partial charge is 0.320 e. The van der Waals surface area contributed by atoms with Crippen molar-refractivity contribution in [1.82, 2.24) is 10.7 Å². The molecule has 0 heterocycles. The minimum absolute atomic E-state index is 0.858. The van der Waals surface area contributed by atoms with Crippen molar-refractivity contribution < 1.29 is 0 Å². The van der Waals surface area contributed by atoms with Gasteiger partial charge in [-0.1, -0.05) is 5.43 Å². The van der Waals surface area contributed by atoms with Gasteiger partial charge in [-0.25, -0.2) is 0 Å². The summed E-state index contributed by atoms with van der Waals surface area (Å²) in [4.78, 5) is 3.67. The van der Waals surface area contributed by atoms with Crippen molar-refractivity contribution in [1.29, 1.82) is 0 Å². The molecule has 3 heteroatoms. The third-order valence-corrected chi connectivity index (χ3v) is 0.678. The summed E-state index contributed by atoms with van der Waals surface area (Å²) in [5, 5.41) is 2.98. The van der Waals surface area contributed by atoms with E-state index < -0.39 is 0 Å². The van der Waals surface area contributed by atoms with Gasteiger partial charge in [-0.05, 0) is 7.05 Å². The van der Waals surface area contributed by atoms with Crippen LogP contribution in [0.25, 0.3) is 4.95 Å². The molecular weight excluding hydrogens is 102 g/mol. The van der Waals surface area contributed by atoms with Crippen LogP contribution < -0.4 is 10.7 Å². The summed E-state index contributed by atoms with van der Waals surface area (Å²) in [5.74, 6) is 0. The predicted molar refractivity (Wildman–Crippen MR) is 34.9 cm³/mol. The Morgan fingerprint density at radius 3 is 2.75 bits per heavy atom. The van der Waals surface area contributed by atoms with Crippen molar-refractivity contribution in [3.05, 3.63) is 4.95 Å². The fourth-order valence-electron chi connectivity index (χ4n) is 0.316. The lowest BCUT2D eigenvalue weighted by molar-refractivity contribution is 0.816. The second-order valence-corrected chi connectivity index (χ2v) is 1.35. The monoisotopic (exact) mass is 114 g/mol. The highest BCUT2D eigenvalue weighted by atomic mass is 15.2. The van der Waals surface area contributed by atoms with Crippen molar-refractivity contribution in [2.45, 2.75) is 6.42 Å². The Morgan fingerprint density at radius 2 is 2.25 bits per heavy atom. The Balaban J connectivity index is 2.90. The van der Waals surface area contributed by atoms with Crippen molar-refractivity contribution in [3.63, 3.8) is 0 Å². The van der Waals surface area contributed by atoms with E-state index in [0.29, 0.717) is 0 Å². The van der Waals surface area contributed by atoms with Crippen LogP contribution in [0.15, 0.2) is 0 Å². The maximum Gasteiger partial charge on any atom is 0.320 e. The predicted octanol–water partition coefficient (Wildman–Crippen LogP) is 0.0632. The molecule has 0 aliphatic carbocycles. The molecule has 0 saturated heterocycles. The zero-order chi connectivity index (χ0) is 6.24. The van der Waals surface area contributed by atoms with Gasteiger partial charge >= 0.3 is 6.07 Å². The number of hydrogen-bond donors (Lipinski definition) is 2. The van der Waals surface area contributed by atoms with Gasteiger partial charge in [0.05, 0.1) is 18.4 Å². The number of hydrogen-bond acceptors (Lipinski definition) is 2. The molecule has 0 fully saturated rings. The zero-order valence-corrected chi connectivity index (χ0v) is 5.36. The van der Waals surface area contributed by atoms with Crippen LogP contribution in [0.3, 0.4) is 0 Å². The molecule has 0 aromatic heterocycles. The Bertz CT molecular complexity index is 89.6. The standard InChI is InChI=1S/C5H12N3/c1-6-4-3-5-8-7-2/h6-7H,3-4H2,1-2H3/q+1. The summed E-state index contributed by atoms with van der Waals surface area (Å²) in [6.45, 7) is 0.936. The molecule has 0 atom stereocenters. The van der Waals surface area contributed by atoms with Crippen molar-refractivity contribution in [3.8, 4) is 6.07 Å². The van der Waals surface area contributed by atoms with Gasteiger partial charge in [-0.2, -0.15) is 0 Å². The SMILES string of the molecule is CNCCC#[N+]NC. The summed E-state index contributed by atoms with van der Waals surface area (Å²) in [7, 11) is 3.66. The van der Waals surface area contributed by atoms with Crippen LogP contribution in [-0.4, -0.2) is 20.6 Å². The van der Waals surface area contributed by atoms with Gasteiger partial charge in [0.25, 0.3) is 0 Å². The molecule has 0 aliphatic heterocycles. The summed E-state index contributed by atoms with van der Waals surface area (Å²) in [5.41, 5.74) is 2.61. The summed E-state index contributed by atoms with van der Waals surface area (Å²) in [6.07, 6.45) is 0.858. The molecule has 0 unspecified atom stereocenters. The lowest BCUT2D eigenvalue weighted by Crippen LogP contribution is -2.06. The molecule has 2 N–H and O–H groups in total. The smallest absolute Gasteiger partial charge is 0.319 e. The Labute approximate surface area is 49.9 Å². The highest BCUT2D eigenvalue weighted by molar-refractivity contribution is 4.82. The van der Waals surface area contributed by atoms with Gasteiger partial charge in [-0.3, -0.25) is 0 Å². The van der Waals surface area contributed by atoms with E-state index in [1.54, 1.807) is 7.05 Å². The van der Waals surface area contributed by atoms with E-state index in [1.807, 2.05) is 7.05 Å². The molecule has 0 amide bonds. The first-order valence-corrected chi connectivity index (χ1v) is 2.65. The van der Waals surface area contributed by atoms with Gasteiger partial charge in [-0.15, -0.1) is 0 Å². The van der Waals surface area contributed by atoms with E-state index in [-0.39, 0.29) is 0 Å². The minimum atomic E-state index is 0.858. The number of rotatable bonds is 2. The highest BCUT2D eigenvalue weighted by Gasteiger charge is 1.82. The second-order valence-electron chi connectivity index (χ2n) is 1.35. The molecule has 0 radical (unpaired) electrons. The van der Waals surface area contributed by atoms with Gasteiger partial charge in [0.1, 0.15) is 0 Å². The van der Waals surface area contributed by atoms with Crippen LogP contribution in [0.4, 0.5) is 0 Å². The van der Waals surface area contributed by atoms with Crippen LogP contribution in [0.2, 0.25) is 0 Å². The van der Waals surface area contributed by atoms with Crippen LogP contribution in [0, 0.1) is 6.07 Å². The maximum atomic E-state index is 3.67. The number of nitrogens with zero attached hydrogens (tertiary/aromatic N) is 1. The van der Waals surface area contributed by atoms with Gasteiger partial charge in [0.15, 0.2) is 0 Å². The molecular formula is C5H12N3+. The average Bonchev–Trinajstić information content (AvgIpc) is 1.81. The van der Waals surface area contributed by atoms with Crippen molar-refractivity contribution in [2.75, 3.05) is 20.6 Å². The highest BCUT2D eigenvalue weighted by Crippen LogP contribution is 1.68. The van der Waals surface area contributed by atoms with E-state index >= 15 is 0 Å². The van der Waals surface area contributed by atoms with E-state index in [0.717, 1.165) is 13.0 Å². The third-order valence-electron chi connectivity index (χ3n) is 0.678. The maximum absolute atomic E-state index is 3.67. The van der Waals surface area contributed by atoms with E-state index in [1.165, 1.54) is 0 Å². The zero-order valence-electron chi connectivity index (χ0n) is 5.36. The topological polar surface area (TPSA) is 28.4 Å². The van der Waals surface area contributed by atoms with Crippen LogP contribution in [0.1, 0.15) is 6.42 Å². The summed E-state index contributed by atoms with van der Waals surface area (Å²) >= 11 is 0. The molecule has 8 heavy (non-hydrogen) atoms. The first kappa shape index (κ1) is 7.25. The molecule has 0 rings (SSSR count). The lowest BCUT2D eigenvalue weighted by Gasteiger charge is -1.80. The van der Waals surface area contributed by atoms with Crippen molar-refractivity contribution in [2.24, 2.45) is 0 Å². The van der Waals surface area contributed by atoms with Gasteiger partial charge < -0.3 is 5.32 Å².